The van der Waals surface area contributed by atoms with E-state index in [0.717, 1.165) is 36.8 Å². The number of carbonyl (C=O) groups excluding carboxylic acids is 2. The minimum Gasteiger partial charge on any atom is -0.469 e. The van der Waals surface area contributed by atoms with Crippen LogP contribution in [-0.2, 0) is 9.53 Å². The summed E-state index contributed by atoms with van der Waals surface area (Å²) >= 11 is 0. The Morgan fingerprint density at radius 1 is 0.963 bits per heavy atom. The number of nitrogens with one attached hydrogen (secondary N) is 1. The van der Waals surface area contributed by atoms with E-state index in [2.05, 4.69) is 10.3 Å². The first-order valence-corrected chi connectivity index (χ1v) is 9.22. The number of hydrogen-bond donors (Lipinski definition) is 1. The first-order valence-electron chi connectivity index (χ1n) is 9.22. The van der Waals surface area contributed by atoms with Gasteiger partial charge in [0.25, 0.3) is 5.91 Å². The summed E-state index contributed by atoms with van der Waals surface area (Å²) in [7, 11) is 1.42. The van der Waals surface area contributed by atoms with Crippen molar-refractivity contribution in [2.45, 2.75) is 31.7 Å². The number of methoxy groups -OCH3 is 1. The molecule has 0 unspecified atom stereocenters. The number of rotatable bonds is 5. The molecule has 0 spiro atoms. The lowest BCUT2D eigenvalue weighted by molar-refractivity contribution is -0.146. The Labute approximate surface area is 159 Å². The van der Waals surface area contributed by atoms with Gasteiger partial charge in [0.1, 0.15) is 0 Å². The maximum absolute atomic E-state index is 12.4. The van der Waals surface area contributed by atoms with Crippen LogP contribution in [0.25, 0.3) is 12.2 Å². The number of carbonyl (C=O) groups is 2. The third-order valence-corrected chi connectivity index (χ3v) is 4.94. The highest BCUT2D eigenvalue weighted by Gasteiger charge is 2.27. The van der Waals surface area contributed by atoms with Gasteiger partial charge in [-0.1, -0.05) is 24.3 Å². The standard InChI is InChI=1S/C22H24N2O3/c1-27-22(26)19-8-10-20(11-9-19)24-21(25)18-6-4-16(5-7-18)2-3-17-12-14-23-15-13-17/h2-7,12-15,19-20H,8-11H2,1H3,(H,24,25)/b3-2+. The van der Waals surface area contributed by atoms with Crippen molar-refractivity contribution < 1.29 is 14.3 Å². The predicted octanol–water partition coefficient (Wildman–Crippen LogP) is 3.71. The van der Waals surface area contributed by atoms with Crippen LogP contribution < -0.4 is 5.32 Å². The average Bonchev–Trinajstić information content (AvgIpc) is 2.73. The first kappa shape index (κ1) is 18.8. The van der Waals surface area contributed by atoms with Crippen LogP contribution in [0.15, 0.2) is 48.8 Å². The van der Waals surface area contributed by atoms with E-state index >= 15 is 0 Å². The third-order valence-electron chi connectivity index (χ3n) is 4.94. The molecule has 0 bridgehead atoms. The summed E-state index contributed by atoms with van der Waals surface area (Å²) in [6.45, 7) is 0. The van der Waals surface area contributed by atoms with E-state index in [4.69, 9.17) is 4.74 Å². The van der Waals surface area contributed by atoms with E-state index in [9.17, 15) is 9.59 Å². The molecule has 5 nitrogen and oxygen atoms in total. The van der Waals surface area contributed by atoms with E-state index in [1.807, 2.05) is 48.6 Å². The van der Waals surface area contributed by atoms with Gasteiger partial charge in [0, 0.05) is 24.0 Å². The number of amides is 1. The van der Waals surface area contributed by atoms with Gasteiger partial charge in [0.15, 0.2) is 0 Å². The predicted molar refractivity (Wildman–Crippen MR) is 105 cm³/mol. The van der Waals surface area contributed by atoms with E-state index in [-0.39, 0.29) is 23.8 Å². The van der Waals surface area contributed by atoms with Crippen molar-refractivity contribution in [2.75, 3.05) is 7.11 Å². The average molecular weight is 364 g/mol. The highest BCUT2D eigenvalue weighted by atomic mass is 16.5. The molecule has 1 aromatic heterocycles. The van der Waals surface area contributed by atoms with Gasteiger partial charge in [-0.2, -0.15) is 0 Å². The maximum Gasteiger partial charge on any atom is 0.308 e. The van der Waals surface area contributed by atoms with E-state index in [1.54, 1.807) is 12.4 Å². The fourth-order valence-electron chi connectivity index (χ4n) is 3.32. The zero-order valence-electron chi connectivity index (χ0n) is 15.4. The molecule has 2 aromatic rings. The Hall–Kier alpha value is -2.95. The summed E-state index contributed by atoms with van der Waals surface area (Å²) < 4.78 is 4.80. The van der Waals surface area contributed by atoms with Crippen LogP contribution in [-0.4, -0.2) is 30.0 Å². The second-order valence-electron chi connectivity index (χ2n) is 6.78. The van der Waals surface area contributed by atoms with Gasteiger partial charge >= 0.3 is 5.97 Å². The van der Waals surface area contributed by atoms with E-state index in [0.29, 0.717) is 5.56 Å². The largest absolute Gasteiger partial charge is 0.469 e. The molecule has 1 saturated carbocycles. The van der Waals surface area contributed by atoms with Crippen molar-refractivity contribution in [3.8, 4) is 0 Å². The molecule has 1 amide bonds. The van der Waals surface area contributed by atoms with Crippen molar-refractivity contribution >= 4 is 24.0 Å². The lowest BCUT2D eigenvalue weighted by atomic mass is 9.86. The second kappa shape index (κ2) is 9.12. The molecule has 1 aliphatic rings. The SMILES string of the molecule is COC(=O)C1CCC(NC(=O)c2ccc(/C=C/c3ccncc3)cc2)CC1. The minimum absolute atomic E-state index is 0.0328. The highest BCUT2D eigenvalue weighted by Crippen LogP contribution is 2.25. The van der Waals surface area contributed by atoms with Crippen molar-refractivity contribution in [2.24, 2.45) is 5.92 Å². The van der Waals surface area contributed by atoms with Crippen LogP contribution in [0.1, 0.15) is 47.2 Å². The zero-order valence-corrected chi connectivity index (χ0v) is 15.4. The van der Waals surface area contributed by atoms with Crippen LogP contribution in [0.5, 0.6) is 0 Å². The number of aromatic nitrogens is 1. The maximum atomic E-state index is 12.4. The van der Waals surface area contributed by atoms with E-state index in [1.165, 1.54) is 7.11 Å². The monoisotopic (exact) mass is 364 g/mol. The normalized spacial score (nSPS) is 19.6. The van der Waals surface area contributed by atoms with Gasteiger partial charge in [-0.15, -0.1) is 0 Å². The second-order valence-corrected chi connectivity index (χ2v) is 6.78. The molecule has 0 saturated heterocycles. The van der Waals surface area contributed by atoms with Gasteiger partial charge < -0.3 is 10.1 Å². The highest BCUT2D eigenvalue weighted by molar-refractivity contribution is 5.94. The van der Waals surface area contributed by atoms with Gasteiger partial charge in [-0.3, -0.25) is 14.6 Å². The summed E-state index contributed by atoms with van der Waals surface area (Å²) in [4.78, 5) is 28.0. The van der Waals surface area contributed by atoms with Crippen molar-refractivity contribution in [3.63, 3.8) is 0 Å². The van der Waals surface area contributed by atoms with Gasteiger partial charge in [0.05, 0.1) is 13.0 Å². The molecular weight excluding hydrogens is 340 g/mol. The van der Waals surface area contributed by atoms with Crippen LogP contribution in [0, 0.1) is 5.92 Å². The lowest BCUT2D eigenvalue weighted by Crippen LogP contribution is -2.38. The molecule has 1 N–H and O–H groups in total. The topological polar surface area (TPSA) is 68.3 Å². The lowest BCUT2D eigenvalue weighted by Gasteiger charge is -2.27. The number of ether oxygens (including phenoxy) is 1. The molecule has 1 heterocycles. The summed E-state index contributed by atoms with van der Waals surface area (Å²) in [6.07, 6.45) is 10.7. The van der Waals surface area contributed by atoms with Crippen molar-refractivity contribution in [3.05, 3.63) is 65.5 Å². The Bertz CT molecular complexity index is 792. The van der Waals surface area contributed by atoms with Gasteiger partial charge in [-0.25, -0.2) is 0 Å². The van der Waals surface area contributed by atoms with Crippen molar-refractivity contribution in [1.29, 1.82) is 0 Å². The molecule has 0 radical (unpaired) electrons. The molecule has 3 rings (SSSR count). The Morgan fingerprint density at radius 3 is 2.15 bits per heavy atom. The fourth-order valence-corrected chi connectivity index (χ4v) is 3.32. The van der Waals surface area contributed by atoms with Crippen molar-refractivity contribution in [1.82, 2.24) is 10.3 Å². The molecule has 5 heteroatoms. The third kappa shape index (κ3) is 5.26. The molecule has 1 fully saturated rings. The fraction of sp³-hybridized carbons (Fsp3) is 0.318. The smallest absolute Gasteiger partial charge is 0.308 e. The summed E-state index contributed by atoms with van der Waals surface area (Å²) in [5.41, 5.74) is 2.75. The molecule has 0 atom stereocenters. The summed E-state index contributed by atoms with van der Waals surface area (Å²) in [5.74, 6) is -0.244. The Morgan fingerprint density at radius 2 is 1.56 bits per heavy atom. The molecule has 0 aliphatic heterocycles. The Kier molecular flexibility index (Phi) is 6.36. The van der Waals surface area contributed by atoms with E-state index < -0.39 is 0 Å². The Balaban J connectivity index is 1.52. The van der Waals surface area contributed by atoms with Crippen LogP contribution >= 0.6 is 0 Å². The number of pyridine rings is 1. The molecule has 1 aliphatic carbocycles. The molecular formula is C22H24N2O3. The molecule has 27 heavy (non-hydrogen) atoms. The van der Waals surface area contributed by atoms with Crippen LogP contribution in [0.2, 0.25) is 0 Å². The van der Waals surface area contributed by atoms with Gasteiger partial charge in [0.2, 0.25) is 0 Å². The number of nitrogens with zero attached hydrogens (tertiary/aromatic N) is 1. The molecule has 1 aromatic carbocycles. The number of benzene rings is 1. The molecule has 140 valence electrons. The number of esters is 1. The quantitative estimate of drug-likeness (QED) is 0.821. The van der Waals surface area contributed by atoms with Crippen LogP contribution in [0.4, 0.5) is 0 Å². The van der Waals surface area contributed by atoms with Crippen LogP contribution in [0.3, 0.4) is 0 Å². The zero-order chi connectivity index (χ0) is 19.1. The minimum atomic E-state index is -0.143. The summed E-state index contributed by atoms with van der Waals surface area (Å²) in [5, 5.41) is 3.07. The van der Waals surface area contributed by atoms with Gasteiger partial charge in [-0.05, 0) is 61.1 Å². The first-order chi connectivity index (χ1) is 13.2. The summed E-state index contributed by atoms with van der Waals surface area (Å²) in [6, 6.07) is 11.5. The number of hydrogen-bond acceptors (Lipinski definition) is 4.